The van der Waals surface area contributed by atoms with E-state index in [-0.39, 0.29) is 17.0 Å². The van der Waals surface area contributed by atoms with Gasteiger partial charge in [-0.2, -0.15) is 17.5 Å². The summed E-state index contributed by atoms with van der Waals surface area (Å²) in [6.45, 7) is 6.25. The molecule has 1 saturated carbocycles. The van der Waals surface area contributed by atoms with Crippen LogP contribution in [0.5, 0.6) is 0 Å². The molecule has 0 saturated heterocycles. The average Bonchev–Trinajstić information content (AvgIpc) is 2.77. The van der Waals surface area contributed by atoms with Crippen molar-refractivity contribution in [2.45, 2.75) is 94.5 Å². The minimum Gasteiger partial charge on any atom is -0.378 e. The highest BCUT2D eigenvalue weighted by atomic mass is 32.2. The number of nitrogens with zero attached hydrogens (tertiary/aromatic N) is 2. The maximum atomic E-state index is 12.9. The van der Waals surface area contributed by atoms with Gasteiger partial charge in [-0.15, -0.1) is 0 Å². The number of ether oxygens (including phenoxy) is 1. The van der Waals surface area contributed by atoms with Gasteiger partial charge in [0, 0.05) is 25.7 Å². The standard InChI is InChI=1S/C24H39F3N2O3S/c1-19(2)28(3)17-7-5-6-8-18-32-22-13-11-21(12-14-22)29(4)33(30,31)23-15-9-20(10-16-23)24(25,26)27/h9-10,15-16,19,21-22H,5-8,11-14,17-18H2,1-4H3. The quantitative estimate of drug-likeness (QED) is 0.359. The SMILES string of the molecule is CC(C)N(C)CCCCCCOC1CCC(N(C)S(=O)(=O)c2ccc(C(F)(F)F)cc2)CC1. The molecule has 1 aromatic rings. The highest BCUT2D eigenvalue weighted by Gasteiger charge is 2.34. The maximum absolute atomic E-state index is 12.9. The van der Waals surface area contributed by atoms with Gasteiger partial charge < -0.3 is 9.64 Å². The van der Waals surface area contributed by atoms with Gasteiger partial charge in [0.25, 0.3) is 0 Å². The first kappa shape index (κ1) is 28.1. The Morgan fingerprint density at radius 3 is 2.09 bits per heavy atom. The van der Waals surface area contributed by atoms with Crippen molar-refractivity contribution in [1.29, 1.82) is 0 Å². The van der Waals surface area contributed by atoms with E-state index in [1.54, 1.807) is 0 Å². The van der Waals surface area contributed by atoms with Crippen LogP contribution in [0.4, 0.5) is 13.2 Å². The Bertz CT molecular complexity index is 805. The first-order valence-corrected chi connectivity index (χ1v) is 13.3. The second kappa shape index (κ2) is 12.5. The third-order valence-corrected chi connectivity index (χ3v) is 8.58. The Morgan fingerprint density at radius 2 is 1.55 bits per heavy atom. The number of benzene rings is 1. The summed E-state index contributed by atoms with van der Waals surface area (Å²) in [6.07, 6.45) is 3.17. The lowest BCUT2D eigenvalue weighted by atomic mass is 9.93. The topological polar surface area (TPSA) is 49.9 Å². The van der Waals surface area contributed by atoms with E-state index in [2.05, 4.69) is 25.8 Å². The fourth-order valence-corrected chi connectivity index (χ4v) is 5.49. The van der Waals surface area contributed by atoms with E-state index in [1.165, 1.54) is 24.2 Å². The molecule has 190 valence electrons. The number of hydrogen-bond donors (Lipinski definition) is 0. The van der Waals surface area contributed by atoms with E-state index in [4.69, 9.17) is 4.74 Å². The molecule has 33 heavy (non-hydrogen) atoms. The molecule has 1 aliphatic rings. The highest BCUT2D eigenvalue weighted by Crippen LogP contribution is 2.32. The van der Waals surface area contributed by atoms with Crippen LogP contribution in [0.2, 0.25) is 0 Å². The lowest BCUT2D eigenvalue weighted by molar-refractivity contribution is -0.137. The molecular formula is C24H39F3N2O3S. The van der Waals surface area contributed by atoms with Crippen molar-refractivity contribution in [3.8, 4) is 0 Å². The molecule has 0 heterocycles. The number of hydrogen-bond acceptors (Lipinski definition) is 4. The van der Waals surface area contributed by atoms with E-state index in [0.717, 1.165) is 63.1 Å². The van der Waals surface area contributed by atoms with Crippen LogP contribution in [0.25, 0.3) is 0 Å². The summed E-state index contributed by atoms with van der Waals surface area (Å²) < 4.78 is 71.3. The molecule has 1 fully saturated rings. The van der Waals surface area contributed by atoms with Crippen LogP contribution in [0.15, 0.2) is 29.2 Å². The molecule has 2 rings (SSSR count). The summed E-state index contributed by atoms with van der Waals surface area (Å²) in [6, 6.07) is 4.10. The van der Waals surface area contributed by atoms with Crippen LogP contribution >= 0.6 is 0 Å². The van der Waals surface area contributed by atoms with Crippen LogP contribution in [-0.2, 0) is 20.9 Å². The molecule has 0 unspecified atom stereocenters. The Kier molecular flexibility index (Phi) is 10.7. The predicted molar refractivity (Wildman–Crippen MR) is 125 cm³/mol. The van der Waals surface area contributed by atoms with E-state index >= 15 is 0 Å². The molecule has 0 aliphatic heterocycles. The summed E-state index contributed by atoms with van der Waals surface area (Å²) in [7, 11) is -0.179. The molecule has 1 aromatic carbocycles. The molecule has 0 radical (unpaired) electrons. The second-order valence-corrected chi connectivity index (χ2v) is 11.3. The molecule has 0 atom stereocenters. The second-order valence-electron chi connectivity index (χ2n) is 9.33. The van der Waals surface area contributed by atoms with Crippen molar-refractivity contribution in [1.82, 2.24) is 9.21 Å². The minimum atomic E-state index is -4.49. The Labute approximate surface area is 197 Å². The monoisotopic (exact) mass is 492 g/mol. The highest BCUT2D eigenvalue weighted by molar-refractivity contribution is 7.89. The zero-order valence-electron chi connectivity index (χ0n) is 20.3. The summed E-state index contributed by atoms with van der Waals surface area (Å²) in [5.74, 6) is 0. The molecule has 0 bridgehead atoms. The summed E-state index contributed by atoms with van der Waals surface area (Å²) in [5, 5.41) is 0. The summed E-state index contributed by atoms with van der Waals surface area (Å²) in [5.41, 5.74) is -0.857. The van der Waals surface area contributed by atoms with Crippen molar-refractivity contribution in [3.05, 3.63) is 29.8 Å². The van der Waals surface area contributed by atoms with Crippen molar-refractivity contribution >= 4 is 10.0 Å². The number of rotatable bonds is 12. The number of sulfonamides is 1. The van der Waals surface area contributed by atoms with Crippen LogP contribution in [0.1, 0.15) is 70.8 Å². The van der Waals surface area contributed by atoms with Crippen molar-refractivity contribution < 1.29 is 26.3 Å². The molecule has 1 aliphatic carbocycles. The van der Waals surface area contributed by atoms with Gasteiger partial charge >= 0.3 is 6.18 Å². The van der Waals surface area contributed by atoms with E-state index in [0.29, 0.717) is 18.9 Å². The van der Waals surface area contributed by atoms with Gasteiger partial charge in [-0.25, -0.2) is 8.42 Å². The maximum Gasteiger partial charge on any atom is 0.416 e. The normalized spacial score (nSPS) is 20.2. The Hall–Kier alpha value is -1.16. The molecule has 0 aromatic heterocycles. The van der Waals surface area contributed by atoms with Crippen molar-refractivity contribution in [2.24, 2.45) is 0 Å². The predicted octanol–water partition coefficient (Wildman–Crippen LogP) is 5.55. The molecule has 0 spiro atoms. The molecule has 0 N–H and O–H groups in total. The van der Waals surface area contributed by atoms with Gasteiger partial charge in [0.2, 0.25) is 10.0 Å². The summed E-state index contributed by atoms with van der Waals surface area (Å²) in [4.78, 5) is 2.24. The van der Waals surface area contributed by atoms with Crippen LogP contribution < -0.4 is 0 Å². The third-order valence-electron chi connectivity index (χ3n) is 6.66. The van der Waals surface area contributed by atoms with Gasteiger partial charge in [0.1, 0.15) is 0 Å². The lowest BCUT2D eigenvalue weighted by Crippen LogP contribution is -2.40. The number of unbranched alkanes of at least 4 members (excludes halogenated alkanes) is 3. The Morgan fingerprint density at radius 1 is 0.970 bits per heavy atom. The number of halogens is 3. The zero-order valence-corrected chi connectivity index (χ0v) is 21.1. The first-order chi connectivity index (χ1) is 15.4. The summed E-state index contributed by atoms with van der Waals surface area (Å²) >= 11 is 0. The Balaban J connectivity index is 1.71. The molecule has 0 amide bonds. The van der Waals surface area contributed by atoms with E-state index in [9.17, 15) is 21.6 Å². The lowest BCUT2D eigenvalue weighted by Gasteiger charge is -2.34. The fourth-order valence-electron chi connectivity index (χ4n) is 4.08. The van der Waals surface area contributed by atoms with Gasteiger partial charge in [-0.05, 0) is 90.2 Å². The molecular weight excluding hydrogens is 453 g/mol. The minimum absolute atomic E-state index is 0.115. The van der Waals surface area contributed by atoms with Crippen LogP contribution in [0, 0.1) is 0 Å². The number of alkyl halides is 3. The smallest absolute Gasteiger partial charge is 0.378 e. The van der Waals surface area contributed by atoms with E-state index < -0.39 is 21.8 Å². The van der Waals surface area contributed by atoms with Crippen LogP contribution in [0.3, 0.4) is 0 Å². The van der Waals surface area contributed by atoms with Gasteiger partial charge in [-0.3, -0.25) is 0 Å². The largest absolute Gasteiger partial charge is 0.416 e. The molecule has 9 heteroatoms. The molecule has 5 nitrogen and oxygen atoms in total. The average molecular weight is 493 g/mol. The van der Waals surface area contributed by atoms with Gasteiger partial charge in [0.05, 0.1) is 16.6 Å². The fraction of sp³-hybridized carbons (Fsp3) is 0.750. The van der Waals surface area contributed by atoms with Gasteiger partial charge in [-0.1, -0.05) is 12.8 Å². The van der Waals surface area contributed by atoms with E-state index in [1.807, 2.05) is 0 Å². The third kappa shape index (κ3) is 8.53. The van der Waals surface area contributed by atoms with Crippen molar-refractivity contribution in [3.63, 3.8) is 0 Å². The van der Waals surface area contributed by atoms with Crippen molar-refractivity contribution in [2.75, 3.05) is 27.2 Å². The van der Waals surface area contributed by atoms with Crippen LogP contribution in [-0.4, -0.2) is 63.1 Å². The first-order valence-electron chi connectivity index (χ1n) is 11.9. The van der Waals surface area contributed by atoms with Gasteiger partial charge in [0.15, 0.2) is 0 Å². The zero-order chi connectivity index (χ0) is 24.6.